The van der Waals surface area contributed by atoms with Gasteiger partial charge in [-0.1, -0.05) is 17.7 Å². The highest BCUT2D eigenvalue weighted by molar-refractivity contribution is 6.31. The summed E-state index contributed by atoms with van der Waals surface area (Å²) in [6.07, 6.45) is 1.53. The third-order valence-corrected chi connectivity index (χ3v) is 3.99. The van der Waals surface area contributed by atoms with Gasteiger partial charge in [-0.3, -0.25) is 4.79 Å². The van der Waals surface area contributed by atoms with E-state index < -0.39 is 11.9 Å². The summed E-state index contributed by atoms with van der Waals surface area (Å²) >= 11 is 6.02. The molecule has 0 radical (unpaired) electrons. The van der Waals surface area contributed by atoms with Gasteiger partial charge in [0.05, 0.1) is 19.8 Å². The third kappa shape index (κ3) is 4.15. The van der Waals surface area contributed by atoms with Crippen LogP contribution in [0.5, 0.6) is 17.2 Å². The number of methoxy groups -OCH3 is 2. The normalized spacial score (nSPS) is 14.5. The van der Waals surface area contributed by atoms with E-state index in [-0.39, 0.29) is 17.3 Å². The van der Waals surface area contributed by atoms with Crippen molar-refractivity contribution in [2.24, 2.45) is 4.99 Å². The van der Waals surface area contributed by atoms with Crippen molar-refractivity contribution in [3.63, 3.8) is 0 Å². The maximum Gasteiger partial charge on any atom is 0.363 e. The average molecular weight is 402 g/mol. The van der Waals surface area contributed by atoms with Gasteiger partial charge in [0.1, 0.15) is 5.75 Å². The van der Waals surface area contributed by atoms with E-state index in [2.05, 4.69) is 4.99 Å². The van der Waals surface area contributed by atoms with Crippen molar-refractivity contribution in [3.8, 4) is 17.2 Å². The number of carbonyl (C=O) groups is 2. The summed E-state index contributed by atoms with van der Waals surface area (Å²) in [5.41, 5.74) is 1.18. The smallest absolute Gasteiger partial charge is 0.363 e. The largest absolute Gasteiger partial charge is 0.496 e. The van der Waals surface area contributed by atoms with Crippen LogP contribution in [0.25, 0.3) is 6.08 Å². The number of rotatable bonds is 5. The third-order valence-electron chi connectivity index (χ3n) is 3.76. The Morgan fingerprint density at radius 2 is 1.79 bits per heavy atom. The highest BCUT2D eigenvalue weighted by Crippen LogP contribution is 2.31. The highest BCUT2D eigenvalue weighted by Gasteiger charge is 2.26. The van der Waals surface area contributed by atoms with Gasteiger partial charge in [0, 0.05) is 11.9 Å². The van der Waals surface area contributed by atoms with E-state index in [1.165, 1.54) is 27.2 Å². The summed E-state index contributed by atoms with van der Waals surface area (Å²) in [6, 6.07) is 9.77. The summed E-state index contributed by atoms with van der Waals surface area (Å²) in [5, 5.41) is 0.456. The zero-order valence-electron chi connectivity index (χ0n) is 15.3. The second-order valence-electron chi connectivity index (χ2n) is 5.68. The molecule has 1 aliphatic heterocycles. The monoisotopic (exact) mass is 401 g/mol. The van der Waals surface area contributed by atoms with Crippen LogP contribution in [-0.4, -0.2) is 32.1 Å². The predicted octanol–water partition coefficient (Wildman–Crippen LogP) is 3.63. The molecular weight excluding hydrogens is 386 g/mol. The minimum atomic E-state index is -0.611. The first kappa shape index (κ1) is 19.4. The first-order valence-corrected chi connectivity index (χ1v) is 8.52. The van der Waals surface area contributed by atoms with E-state index >= 15 is 0 Å². The maximum atomic E-state index is 12.2. The number of cyclic esters (lactones) is 1. The molecule has 0 bridgehead atoms. The van der Waals surface area contributed by atoms with Gasteiger partial charge >= 0.3 is 11.9 Å². The predicted molar refractivity (Wildman–Crippen MR) is 103 cm³/mol. The lowest BCUT2D eigenvalue weighted by Crippen LogP contribution is -2.07. The Hall–Kier alpha value is -3.32. The topological polar surface area (TPSA) is 83.4 Å². The number of aliphatic imine (C=N–C) groups is 1. The van der Waals surface area contributed by atoms with Crippen LogP contribution in [0.4, 0.5) is 0 Å². The molecule has 144 valence electrons. The fourth-order valence-electron chi connectivity index (χ4n) is 2.54. The molecular formula is C20H16ClNO6. The Balaban J connectivity index is 1.96. The Bertz CT molecular complexity index is 1010. The van der Waals surface area contributed by atoms with Crippen molar-refractivity contribution in [3.05, 3.63) is 58.2 Å². The fourth-order valence-corrected chi connectivity index (χ4v) is 2.71. The van der Waals surface area contributed by atoms with Gasteiger partial charge in [-0.15, -0.1) is 0 Å². The standard InChI is InChI=1S/C20H16ClNO6/c1-11(23)27-17-6-4-12(9-18(17)26-3)8-15-20(24)28-19(22-15)14-10-13(21)5-7-16(14)25-2/h4-10H,1-3H3/b15-8-. The number of nitrogens with zero attached hydrogens (tertiary/aromatic N) is 1. The molecule has 0 unspecified atom stereocenters. The van der Waals surface area contributed by atoms with Crippen molar-refractivity contribution >= 4 is 35.5 Å². The second kappa shape index (κ2) is 8.14. The van der Waals surface area contributed by atoms with Crippen LogP contribution >= 0.6 is 11.6 Å². The first-order valence-electron chi connectivity index (χ1n) is 8.14. The number of hydrogen-bond acceptors (Lipinski definition) is 7. The van der Waals surface area contributed by atoms with Gasteiger partial charge in [0.15, 0.2) is 17.2 Å². The van der Waals surface area contributed by atoms with Crippen LogP contribution in [-0.2, 0) is 14.3 Å². The summed E-state index contributed by atoms with van der Waals surface area (Å²) in [6.45, 7) is 1.30. The molecule has 0 spiro atoms. The molecule has 0 aromatic heterocycles. The van der Waals surface area contributed by atoms with Gasteiger partial charge < -0.3 is 18.9 Å². The van der Waals surface area contributed by atoms with Gasteiger partial charge in [-0.2, -0.15) is 0 Å². The highest BCUT2D eigenvalue weighted by atomic mass is 35.5. The quantitative estimate of drug-likeness (QED) is 0.432. The van der Waals surface area contributed by atoms with E-state index in [0.717, 1.165) is 0 Å². The van der Waals surface area contributed by atoms with Crippen LogP contribution in [0, 0.1) is 0 Å². The minimum Gasteiger partial charge on any atom is -0.496 e. The van der Waals surface area contributed by atoms with Crippen LogP contribution in [0.15, 0.2) is 47.1 Å². The van der Waals surface area contributed by atoms with E-state index in [1.807, 2.05) is 0 Å². The molecule has 2 aromatic rings. The molecule has 0 saturated carbocycles. The number of carbonyl (C=O) groups excluding carboxylic acids is 2. The maximum absolute atomic E-state index is 12.2. The van der Waals surface area contributed by atoms with Crippen LogP contribution in [0.1, 0.15) is 18.1 Å². The Morgan fingerprint density at radius 1 is 1.07 bits per heavy atom. The molecule has 0 aliphatic carbocycles. The van der Waals surface area contributed by atoms with E-state index in [0.29, 0.717) is 27.6 Å². The summed E-state index contributed by atoms with van der Waals surface area (Å²) in [4.78, 5) is 27.6. The molecule has 28 heavy (non-hydrogen) atoms. The number of ether oxygens (including phenoxy) is 4. The molecule has 0 N–H and O–H groups in total. The van der Waals surface area contributed by atoms with Crippen molar-refractivity contribution < 1.29 is 28.5 Å². The molecule has 8 heteroatoms. The zero-order chi connectivity index (χ0) is 20.3. The van der Waals surface area contributed by atoms with Crippen LogP contribution in [0.2, 0.25) is 5.02 Å². The summed E-state index contributed by atoms with van der Waals surface area (Å²) in [5.74, 6) is 0.118. The Labute approximate surface area is 166 Å². The van der Waals surface area contributed by atoms with Crippen molar-refractivity contribution in [2.75, 3.05) is 14.2 Å². The van der Waals surface area contributed by atoms with E-state index in [4.69, 9.17) is 30.5 Å². The van der Waals surface area contributed by atoms with Gasteiger partial charge in [0.2, 0.25) is 5.90 Å². The van der Waals surface area contributed by atoms with Crippen LogP contribution < -0.4 is 14.2 Å². The number of halogens is 1. The number of esters is 2. The Kier molecular flexibility index (Phi) is 5.65. The Morgan fingerprint density at radius 3 is 2.46 bits per heavy atom. The molecule has 1 aliphatic rings. The van der Waals surface area contributed by atoms with Crippen molar-refractivity contribution in [1.29, 1.82) is 0 Å². The average Bonchev–Trinajstić information content (AvgIpc) is 3.02. The zero-order valence-corrected chi connectivity index (χ0v) is 16.1. The molecule has 0 saturated heterocycles. The van der Waals surface area contributed by atoms with Gasteiger partial charge in [-0.05, 0) is 42.0 Å². The molecule has 0 amide bonds. The molecule has 0 atom stereocenters. The molecule has 1 heterocycles. The SMILES string of the molecule is COc1cc(/C=C2\N=C(c3cc(Cl)ccc3OC)OC2=O)ccc1OC(C)=O. The summed E-state index contributed by atoms with van der Waals surface area (Å²) < 4.78 is 20.8. The van der Waals surface area contributed by atoms with Crippen LogP contribution in [0.3, 0.4) is 0 Å². The lowest BCUT2D eigenvalue weighted by atomic mass is 10.1. The van der Waals surface area contributed by atoms with Gasteiger partial charge in [-0.25, -0.2) is 9.79 Å². The molecule has 7 nitrogen and oxygen atoms in total. The van der Waals surface area contributed by atoms with Crippen molar-refractivity contribution in [2.45, 2.75) is 6.92 Å². The van der Waals surface area contributed by atoms with E-state index in [1.54, 1.807) is 36.4 Å². The lowest BCUT2D eigenvalue weighted by Gasteiger charge is -2.08. The first-order chi connectivity index (χ1) is 13.4. The van der Waals surface area contributed by atoms with E-state index in [9.17, 15) is 9.59 Å². The minimum absolute atomic E-state index is 0.0964. The fraction of sp³-hybridized carbons (Fsp3) is 0.150. The molecule has 3 rings (SSSR count). The summed E-state index contributed by atoms with van der Waals surface area (Å²) in [7, 11) is 2.95. The number of benzene rings is 2. The lowest BCUT2D eigenvalue weighted by molar-refractivity contribution is -0.132. The second-order valence-corrected chi connectivity index (χ2v) is 6.12. The molecule has 2 aromatic carbocycles. The number of hydrogen-bond donors (Lipinski definition) is 0. The van der Waals surface area contributed by atoms with Crippen molar-refractivity contribution in [1.82, 2.24) is 0 Å². The van der Waals surface area contributed by atoms with Gasteiger partial charge in [0.25, 0.3) is 0 Å². The molecule has 0 fully saturated rings.